The van der Waals surface area contributed by atoms with Crippen LogP contribution in [0.1, 0.15) is 24.5 Å². The molecule has 0 unspecified atom stereocenters. The van der Waals surface area contributed by atoms with E-state index in [-0.39, 0.29) is 18.0 Å². The summed E-state index contributed by atoms with van der Waals surface area (Å²) in [6, 6.07) is 7.24. The van der Waals surface area contributed by atoms with E-state index in [0.717, 1.165) is 6.07 Å². The van der Waals surface area contributed by atoms with Crippen molar-refractivity contribution in [1.29, 1.82) is 0 Å². The van der Waals surface area contributed by atoms with Crippen LogP contribution in [0.15, 0.2) is 36.7 Å². The third-order valence-corrected chi connectivity index (χ3v) is 9.14. The van der Waals surface area contributed by atoms with E-state index in [0.29, 0.717) is 53.2 Å². The van der Waals surface area contributed by atoms with Crippen LogP contribution in [0.2, 0.25) is 0 Å². The molecular formula is C23H24F3N4O3P. The number of nitrogens with one attached hydrogen (secondary N) is 1. The van der Waals surface area contributed by atoms with E-state index in [2.05, 4.69) is 15.3 Å². The van der Waals surface area contributed by atoms with Crippen LogP contribution in [-0.2, 0) is 15.9 Å². The number of hydrogen-bond acceptors (Lipinski definition) is 6. The van der Waals surface area contributed by atoms with Crippen molar-refractivity contribution in [3.8, 4) is 5.75 Å². The molecule has 0 aliphatic carbocycles. The smallest absolute Gasteiger partial charge is 0.266 e. The maximum atomic E-state index is 14.5. The molecule has 0 radical (unpaired) electrons. The maximum Gasteiger partial charge on any atom is 0.266 e. The average molecular weight is 492 g/mol. The van der Waals surface area contributed by atoms with Crippen LogP contribution in [0, 0.1) is 5.82 Å². The molecule has 0 bridgehead atoms. The average Bonchev–Trinajstić information content (AvgIpc) is 2.82. The lowest BCUT2D eigenvalue weighted by Crippen LogP contribution is -2.40. The van der Waals surface area contributed by atoms with Gasteiger partial charge in [0.2, 0.25) is 5.91 Å². The number of benzene rings is 2. The highest BCUT2D eigenvalue weighted by molar-refractivity contribution is 7.72. The van der Waals surface area contributed by atoms with Crippen molar-refractivity contribution < 1.29 is 27.3 Å². The molecule has 3 aromatic rings. The van der Waals surface area contributed by atoms with Crippen LogP contribution in [0.3, 0.4) is 0 Å². The van der Waals surface area contributed by atoms with Crippen molar-refractivity contribution in [2.75, 3.05) is 37.8 Å². The molecule has 7 nitrogen and oxygen atoms in total. The first kappa shape index (κ1) is 24.0. The zero-order valence-electron chi connectivity index (χ0n) is 18.7. The third kappa shape index (κ3) is 4.59. The largest absolute Gasteiger partial charge is 0.496 e. The molecule has 0 saturated carbocycles. The number of carbonyl (C=O) groups is 1. The van der Waals surface area contributed by atoms with Gasteiger partial charge in [-0.25, -0.2) is 23.1 Å². The summed E-state index contributed by atoms with van der Waals surface area (Å²) in [6.45, 7) is 2.20. The van der Waals surface area contributed by atoms with E-state index in [4.69, 9.17) is 4.74 Å². The van der Waals surface area contributed by atoms with Crippen LogP contribution >= 0.6 is 7.14 Å². The van der Waals surface area contributed by atoms with E-state index in [9.17, 15) is 22.5 Å². The standard InChI is InChI=1S/C23H24F3N4O3P/c1-14(31)30-6-8-34(32,9-7-30)20-10-17-18(11-19(20)33-2)28-13-29-23(17)27-12-15-4-3-5-16(21(15)24)22(25)26/h3-5,10-11,13,22H,6-9,12H2,1-2H3,(H,27,28,29). The van der Waals surface area contributed by atoms with Crippen molar-refractivity contribution in [3.05, 3.63) is 53.6 Å². The molecule has 1 saturated heterocycles. The summed E-state index contributed by atoms with van der Waals surface area (Å²) < 4.78 is 59.9. The van der Waals surface area contributed by atoms with Crippen molar-refractivity contribution in [3.63, 3.8) is 0 Å². The van der Waals surface area contributed by atoms with Crippen molar-refractivity contribution >= 4 is 35.1 Å². The molecule has 1 aliphatic heterocycles. The highest BCUT2D eigenvalue weighted by Gasteiger charge is 2.34. The fourth-order valence-corrected chi connectivity index (χ4v) is 6.88. The van der Waals surface area contributed by atoms with Gasteiger partial charge in [-0.1, -0.05) is 18.2 Å². The number of ether oxygens (including phenoxy) is 1. The first-order chi connectivity index (χ1) is 16.2. The highest BCUT2D eigenvalue weighted by atomic mass is 31.2. The number of methoxy groups -OCH3 is 1. The van der Waals surface area contributed by atoms with Gasteiger partial charge >= 0.3 is 0 Å². The number of aromatic nitrogens is 2. The quantitative estimate of drug-likeness (QED) is 0.520. The minimum Gasteiger partial charge on any atom is -0.496 e. The molecule has 34 heavy (non-hydrogen) atoms. The van der Waals surface area contributed by atoms with E-state index in [1.807, 2.05) is 0 Å². The lowest BCUT2D eigenvalue weighted by Gasteiger charge is -2.32. The van der Waals surface area contributed by atoms with Gasteiger partial charge in [-0.3, -0.25) is 4.79 Å². The molecule has 1 aliphatic rings. The SMILES string of the molecule is COc1cc2ncnc(NCc3cccc(C(F)F)c3F)c2cc1P1(=O)CCN(C(C)=O)CC1. The molecule has 1 fully saturated rings. The molecular weight excluding hydrogens is 468 g/mol. The van der Waals surface area contributed by atoms with Crippen molar-refractivity contribution in [1.82, 2.24) is 14.9 Å². The van der Waals surface area contributed by atoms with Gasteiger partial charge in [0.15, 0.2) is 0 Å². The molecule has 1 aromatic heterocycles. The Morgan fingerprint density at radius 3 is 2.62 bits per heavy atom. The lowest BCUT2D eigenvalue weighted by atomic mass is 10.1. The summed E-state index contributed by atoms with van der Waals surface area (Å²) in [6.07, 6.45) is -0.933. The Labute approximate surface area is 194 Å². The molecule has 2 aromatic carbocycles. The van der Waals surface area contributed by atoms with E-state index < -0.39 is 24.9 Å². The number of halogens is 3. The van der Waals surface area contributed by atoms with Gasteiger partial charge in [0, 0.05) is 55.9 Å². The molecule has 0 spiro atoms. The van der Waals surface area contributed by atoms with Gasteiger partial charge in [0.05, 0.1) is 23.5 Å². The number of rotatable bonds is 6. The monoisotopic (exact) mass is 492 g/mol. The fourth-order valence-electron chi connectivity index (χ4n) is 4.12. The number of fused-ring (bicyclic) bond motifs is 1. The molecule has 0 atom stereocenters. The Kier molecular flexibility index (Phi) is 6.79. The predicted molar refractivity (Wildman–Crippen MR) is 124 cm³/mol. The molecule has 180 valence electrons. The molecule has 2 heterocycles. The maximum absolute atomic E-state index is 14.5. The van der Waals surface area contributed by atoms with Crippen molar-refractivity contribution in [2.45, 2.75) is 19.9 Å². The van der Waals surface area contributed by atoms with Gasteiger partial charge in [-0.05, 0) is 6.07 Å². The lowest BCUT2D eigenvalue weighted by molar-refractivity contribution is -0.128. The molecule has 11 heteroatoms. The van der Waals surface area contributed by atoms with Crippen LogP contribution in [0.5, 0.6) is 5.75 Å². The normalized spacial score (nSPS) is 15.5. The first-order valence-corrected chi connectivity index (χ1v) is 12.8. The number of anilines is 1. The van der Waals surface area contributed by atoms with E-state index in [1.54, 1.807) is 17.0 Å². The van der Waals surface area contributed by atoms with Crippen LogP contribution in [0.4, 0.5) is 19.0 Å². The Bertz CT molecular complexity index is 1280. The summed E-state index contributed by atoms with van der Waals surface area (Å²) in [4.78, 5) is 21.8. The predicted octanol–water partition coefficient (Wildman–Crippen LogP) is 4.18. The van der Waals surface area contributed by atoms with E-state index >= 15 is 0 Å². The van der Waals surface area contributed by atoms with Crippen LogP contribution < -0.4 is 15.4 Å². The minimum atomic E-state index is -2.92. The topological polar surface area (TPSA) is 84.4 Å². The molecule has 1 N–H and O–H groups in total. The summed E-state index contributed by atoms with van der Waals surface area (Å²) in [5.74, 6) is -0.232. The number of nitrogens with zero attached hydrogens (tertiary/aromatic N) is 3. The van der Waals surface area contributed by atoms with Gasteiger partial charge < -0.3 is 19.5 Å². The Hall–Kier alpha value is -3.13. The van der Waals surface area contributed by atoms with Gasteiger partial charge in [0.25, 0.3) is 6.43 Å². The number of alkyl halides is 2. The summed E-state index contributed by atoms with van der Waals surface area (Å²) in [5.41, 5.74) is -0.0644. The second-order valence-corrected chi connectivity index (χ2v) is 11.2. The zero-order valence-corrected chi connectivity index (χ0v) is 19.6. The Balaban J connectivity index is 1.68. The molecule has 1 amide bonds. The number of hydrogen-bond donors (Lipinski definition) is 1. The minimum absolute atomic E-state index is 0.0558. The Morgan fingerprint density at radius 2 is 1.97 bits per heavy atom. The van der Waals surface area contributed by atoms with E-state index in [1.165, 1.54) is 32.5 Å². The van der Waals surface area contributed by atoms with Gasteiger partial charge in [-0.2, -0.15) is 0 Å². The second kappa shape index (κ2) is 9.62. The fraction of sp³-hybridized carbons (Fsp3) is 0.348. The zero-order chi connectivity index (χ0) is 24.5. The summed E-state index contributed by atoms with van der Waals surface area (Å²) >= 11 is 0. The number of carbonyl (C=O) groups excluding carboxylic acids is 1. The van der Waals surface area contributed by atoms with Gasteiger partial charge in [0.1, 0.15) is 30.9 Å². The van der Waals surface area contributed by atoms with Crippen LogP contribution in [0.25, 0.3) is 10.9 Å². The van der Waals surface area contributed by atoms with Crippen LogP contribution in [-0.4, -0.2) is 53.3 Å². The van der Waals surface area contributed by atoms with Crippen molar-refractivity contribution in [2.24, 2.45) is 0 Å². The second-order valence-electron chi connectivity index (χ2n) is 8.08. The first-order valence-electron chi connectivity index (χ1n) is 10.7. The summed E-state index contributed by atoms with van der Waals surface area (Å²) in [5, 5.41) is 4.08. The Morgan fingerprint density at radius 1 is 1.24 bits per heavy atom. The highest BCUT2D eigenvalue weighted by Crippen LogP contribution is 2.49. The van der Waals surface area contributed by atoms with Gasteiger partial charge in [-0.15, -0.1) is 0 Å². The number of amides is 1. The third-order valence-electron chi connectivity index (χ3n) is 6.07. The summed E-state index contributed by atoms with van der Waals surface area (Å²) in [7, 11) is -1.38. The molecule has 4 rings (SSSR count).